The van der Waals surface area contributed by atoms with E-state index in [0.717, 1.165) is 50.9 Å². The predicted molar refractivity (Wildman–Crippen MR) is 136 cm³/mol. The Balaban J connectivity index is 1.20. The zero-order valence-corrected chi connectivity index (χ0v) is 20.0. The molecule has 3 N–H and O–H groups in total. The van der Waals surface area contributed by atoms with Gasteiger partial charge >= 0.3 is 6.03 Å². The highest BCUT2D eigenvalue weighted by Gasteiger charge is 2.17. The minimum Gasteiger partial charge on any atom is -0.439 e. The number of ether oxygens (including phenoxy) is 1. The number of hydrogen-bond donors (Lipinski definition) is 3. The van der Waals surface area contributed by atoms with Crippen LogP contribution in [0.25, 0.3) is 22.2 Å². The van der Waals surface area contributed by atoms with Gasteiger partial charge in [0.2, 0.25) is 5.88 Å². The molecule has 0 fully saturated rings. The Morgan fingerprint density at radius 3 is 2.86 bits per heavy atom. The summed E-state index contributed by atoms with van der Waals surface area (Å²) in [7, 11) is 0. The summed E-state index contributed by atoms with van der Waals surface area (Å²) in [5.74, 6) is 1.67. The van der Waals surface area contributed by atoms with Crippen LogP contribution in [0.1, 0.15) is 11.3 Å². The van der Waals surface area contributed by atoms with Gasteiger partial charge in [-0.15, -0.1) is 0 Å². The Labute approximate surface area is 208 Å². The van der Waals surface area contributed by atoms with E-state index in [4.69, 9.17) is 4.74 Å². The molecule has 5 aromatic rings. The van der Waals surface area contributed by atoms with E-state index in [1.165, 1.54) is 6.33 Å². The van der Waals surface area contributed by atoms with Crippen LogP contribution in [0, 0.1) is 0 Å². The van der Waals surface area contributed by atoms with Crippen molar-refractivity contribution in [2.45, 2.75) is 13.0 Å². The minimum atomic E-state index is -0.306. The molecule has 0 aliphatic carbocycles. The standard InChI is InChI=1S/C25H20BrN7O2/c26-17-3-1-15(2-4-17)20-12-23(32-31-20)30-25(34)33-10-8-16-11-18(5-6-22(16)33)35-24-19-7-9-27-13-21(19)28-14-29-24/h1-6,8,10-12,14,27H,7,9,13H2,(H2,30,31,32,34). The lowest BCUT2D eigenvalue weighted by atomic mass is 10.1. The van der Waals surface area contributed by atoms with Crippen molar-refractivity contribution in [3.8, 4) is 22.9 Å². The molecule has 174 valence electrons. The zero-order chi connectivity index (χ0) is 23.8. The lowest BCUT2D eigenvalue weighted by Crippen LogP contribution is -2.25. The molecule has 0 atom stereocenters. The van der Waals surface area contributed by atoms with Crippen LogP contribution in [0.2, 0.25) is 0 Å². The summed E-state index contributed by atoms with van der Waals surface area (Å²) < 4.78 is 8.64. The Morgan fingerprint density at radius 1 is 1.09 bits per heavy atom. The summed E-state index contributed by atoms with van der Waals surface area (Å²) in [6.07, 6.45) is 4.07. The molecular formula is C25H20BrN7O2. The van der Waals surface area contributed by atoms with Gasteiger partial charge in [-0.25, -0.2) is 14.8 Å². The van der Waals surface area contributed by atoms with Gasteiger partial charge < -0.3 is 10.1 Å². The fourth-order valence-electron chi connectivity index (χ4n) is 4.15. The Morgan fingerprint density at radius 2 is 1.97 bits per heavy atom. The molecule has 3 aromatic heterocycles. The average molecular weight is 530 g/mol. The topological polar surface area (TPSA) is 110 Å². The van der Waals surface area contributed by atoms with E-state index in [1.54, 1.807) is 16.8 Å². The van der Waals surface area contributed by atoms with Gasteiger partial charge in [-0.2, -0.15) is 5.10 Å². The third-order valence-electron chi connectivity index (χ3n) is 5.90. The van der Waals surface area contributed by atoms with E-state index < -0.39 is 0 Å². The second kappa shape index (κ2) is 8.97. The maximum atomic E-state index is 13.0. The highest BCUT2D eigenvalue weighted by atomic mass is 79.9. The molecule has 0 bridgehead atoms. The van der Waals surface area contributed by atoms with Crippen LogP contribution in [-0.2, 0) is 13.0 Å². The van der Waals surface area contributed by atoms with Crippen molar-refractivity contribution in [1.29, 1.82) is 0 Å². The van der Waals surface area contributed by atoms with Gasteiger partial charge in [-0.05, 0) is 54.9 Å². The van der Waals surface area contributed by atoms with Crippen LogP contribution in [0.3, 0.4) is 0 Å². The maximum Gasteiger partial charge on any atom is 0.331 e. The molecule has 4 heterocycles. The summed E-state index contributed by atoms with van der Waals surface area (Å²) in [6.45, 7) is 1.58. The van der Waals surface area contributed by atoms with E-state index in [2.05, 4.69) is 46.7 Å². The molecule has 6 rings (SSSR count). The quantitative estimate of drug-likeness (QED) is 0.298. The molecule has 0 saturated heterocycles. The van der Waals surface area contributed by atoms with Gasteiger partial charge in [0, 0.05) is 34.2 Å². The molecule has 1 aliphatic rings. The first-order valence-electron chi connectivity index (χ1n) is 11.1. The van der Waals surface area contributed by atoms with E-state index in [9.17, 15) is 4.79 Å². The number of benzene rings is 2. The first-order valence-corrected chi connectivity index (χ1v) is 11.9. The normalized spacial score (nSPS) is 12.9. The SMILES string of the molecule is O=C(Nc1cc(-c2ccc(Br)cc2)[nH]n1)n1ccc2cc(Oc3ncnc4c3CCNC4)ccc21. The molecule has 0 spiro atoms. The van der Waals surface area contributed by atoms with Crippen molar-refractivity contribution in [3.63, 3.8) is 0 Å². The third kappa shape index (κ3) is 4.29. The lowest BCUT2D eigenvalue weighted by molar-refractivity contribution is 0.254. The molecule has 2 aromatic carbocycles. The van der Waals surface area contributed by atoms with E-state index >= 15 is 0 Å². The van der Waals surface area contributed by atoms with E-state index in [1.807, 2.05) is 48.5 Å². The first kappa shape index (κ1) is 21.5. The second-order valence-corrected chi connectivity index (χ2v) is 9.06. The summed E-state index contributed by atoms with van der Waals surface area (Å²) in [5.41, 5.74) is 4.54. The number of carbonyl (C=O) groups excluding carboxylic acids is 1. The number of H-pyrrole nitrogens is 1. The summed E-state index contributed by atoms with van der Waals surface area (Å²) in [4.78, 5) is 21.6. The Hall–Kier alpha value is -4.02. The number of carbonyl (C=O) groups is 1. The van der Waals surface area contributed by atoms with Crippen LogP contribution < -0.4 is 15.4 Å². The molecule has 9 nitrogen and oxygen atoms in total. The van der Waals surface area contributed by atoms with E-state index in [-0.39, 0.29) is 6.03 Å². The van der Waals surface area contributed by atoms with Gasteiger partial charge in [0.05, 0.1) is 16.9 Å². The number of fused-ring (bicyclic) bond motifs is 2. The van der Waals surface area contributed by atoms with Crippen LogP contribution in [0.15, 0.2) is 71.6 Å². The third-order valence-corrected chi connectivity index (χ3v) is 6.43. The van der Waals surface area contributed by atoms with Gasteiger partial charge in [-0.1, -0.05) is 28.1 Å². The highest BCUT2D eigenvalue weighted by molar-refractivity contribution is 9.10. The number of hydrogen-bond acceptors (Lipinski definition) is 6. The summed E-state index contributed by atoms with van der Waals surface area (Å²) in [6, 6.07) is 16.8. The number of rotatable bonds is 4. The molecular weight excluding hydrogens is 510 g/mol. The monoisotopic (exact) mass is 529 g/mol. The predicted octanol–water partition coefficient (Wildman–Crippen LogP) is 5.10. The van der Waals surface area contributed by atoms with Crippen LogP contribution in [0.4, 0.5) is 10.6 Å². The number of aromatic nitrogens is 5. The number of nitrogens with one attached hydrogen (secondary N) is 3. The molecule has 10 heteroatoms. The van der Waals surface area contributed by atoms with E-state index in [0.29, 0.717) is 24.0 Å². The van der Waals surface area contributed by atoms with Crippen LogP contribution in [0.5, 0.6) is 11.6 Å². The van der Waals surface area contributed by atoms with Crippen LogP contribution >= 0.6 is 15.9 Å². The fraction of sp³-hybridized carbons (Fsp3) is 0.120. The Bertz CT molecular complexity index is 1540. The second-order valence-electron chi connectivity index (χ2n) is 8.14. The molecule has 1 aliphatic heterocycles. The van der Waals surface area contributed by atoms with Gasteiger partial charge in [-0.3, -0.25) is 15.0 Å². The maximum absolute atomic E-state index is 13.0. The van der Waals surface area contributed by atoms with Crippen molar-refractivity contribution >= 4 is 38.7 Å². The largest absolute Gasteiger partial charge is 0.439 e. The van der Waals surface area contributed by atoms with Crippen molar-refractivity contribution in [2.75, 3.05) is 11.9 Å². The van der Waals surface area contributed by atoms with Gasteiger partial charge in [0.25, 0.3) is 0 Å². The number of halogens is 1. The van der Waals surface area contributed by atoms with Crippen molar-refractivity contribution in [3.05, 3.63) is 82.9 Å². The molecule has 0 radical (unpaired) electrons. The van der Waals surface area contributed by atoms with Gasteiger partial charge in [0.15, 0.2) is 5.82 Å². The molecule has 0 saturated carbocycles. The van der Waals surface area contributed by atoms with Crippen molar-refractivity contribution in [2.24, 2.45) is 0 Å². The van der Waals surface area contributed by atoms with Crippen LogP contribution in [-0.4, -0.2) is 37.3 Å². The minimum absolute atomic E-state index is 0.306. The van der Waals surface area contributed by atoms with Crippen molar-refractivity contribution < 1.29 is 9.53 Å². The zero-order valence-electron chi connectivity index (χ0n) is 18.5. The Kier molecular flexibility index (Phi) is 5.51. The molecule has 0 unspecified atom stereocenters. The van der Waals surface area contributed by atoms with Gasteiger partial charge in [0.1, 0.15) is 12.1 Å². The number of nitrogens with zero attached hydrogens (tertiary/aromatic N) is 4. The number of aromatic amines is 1. The average Bonchev–Trinajstić information content (AvgIpc) is 3.52. The fourth-order valence-corrected chi connectivity index (χ4v) is 4.41. The highest BCUT2D eigenvalue weighted by Crippen LogP contribution is 2.29. The van der Waals surface area contributed by atoms with Crippen molar-refractivity contribution in [1.82, 2.24) is 30.0 Å². The molecule has 1 amide bonds. The lowest BCUT2D eigenvalue weighted by Gasteiger charge is -2.18. The number of amides is 1. The molecule has 35 heavy (non-hydrogen) atoms. The summed E-state index contributed by atoms with van der Waals surface area (Å²) >= 11 is 3.43. The smallest absolute Gasteiger partial charge is 0.331 e. The first-order chi connectivity index (χ1) is 17.1. The number of anilines is 1. The summed E-state index contributed by atoms with van der Waals surface area (Å²) in [5, 5.41) is 14.2.